The smallest absolute Gasteiger partial charge is 0.404 e. The van der Waals surface area contributed by atoms with E-state index in [2.05, 4.69) is 5.32 Å². The van der Waals surface area contributed by atoms with Crippen LogP contribution in [0, 0.1) is 6.92 Å². The van der Waals surface area contributed by atoms with Gasteiger partial charge in [-0.3, -0.25) is 0 Å². The molecule has 0 saturated carbocycles. The van der Waals surface area contributed by atoms with Crippen molar-refractivity contribution in [3.63, 3.8) is 0 Å². The second kappa shape index (κ2) is 7.03. The molecule has 3 N–H and O–H groups in total. The zero-order chi connectivity index (χ0) is 17.1. The van der Waals surface area contributed by atoms with Crippen molar-refractivity contribution >= 4 is 28.2 Å². The van der Waals surface area contributed by atoms with Crippen molar-refractivity contribution in [3.05, 3.63) is 69.9 Å². The molecule has 1 aromatic heterocycles. The van der Waals surface area contributed by atoms with Gasteiger partial charge in [0.15, 0.2) is 0 Å². The van der Waals surface area contributed by atoms with Crippen LogP contribution in [0.15, 0.2) is 54.6 Å². The van der Waals surface area contributed by atoms with Crippen LogP contribution in [0.4, 0.5) is 4.79 Å². The van der Waals surface area contributed by atoms with Gasteiger partial charge in [0.1, 0.15) is 0 Å². The molecule has 1 heterocycles. The van der Waals surface area contributed by atoms with Gasteiger partial charge >= 0.3 is 6.09 Å². The van der Waals surface area contributed by atoms with Gasteiger partial charge in [-0.1, -0.05) is 42.5 Å². The number of carbonyl (C=O) groups is 1. The number of aryl methyl sites for hydroxylation is 1. The Bertz CT molecular complexity index is 858. The van der Waals surface area contributed by atoms with Crippen LogP contribution in [0.1, 0.15) is 27.3 Å². The fourth-order valence-corrected chi connectivity index (χ4v) is 3.79. The van der Waals surface area contributed by atoms with Crippen molar-refractivity contribution in [2.75, 3.05) is 6.54 Å². The molecular formula is C19H19NO3S. The Kier molecular flexibility index (Phi) is 4.83. The van der Waals surface area contributed by atoms with Gasteiger partial charge in [0.2, 0.25) is 0 Å². The van der Waals surface area contributed by atoms with E-state index in [4.69, 9.17) is 5.11 Å². The second-order valence-electron chi connectivity index (χ2n) is 5.79. The minimum Gasteiger partial charge on any atom is -0.465 e. The molecule has 124 valence electrons. The Hall–Kier alpha value is -2.37. The lowest BCUT2D eigenvalue weighted by atomic mass is 9.90. The number of amides is 1. The average molecular weight is 341 g/mol. The topological polar surface area (TPSA) is 69.6 Å². The average Bonchev–Trinajstić information content (AvgIpc) is 3.01. The third kappa shape index (κ3) is 3.58. The van der Waals surface area contributed by atoms with E-state index in [1.165, 1.54) is 11.3 Å². The minimum absolute atomic E-state index is 0.159. The van der Waals surface area contributed by atoms with Crippen molar-refractivity contribution < 1.29 is 15.0 Å². The monoisotopic (exact) mass is 341 g/mol. The molecule has 3 aromatic rings. The summed E-state index contributed by atoms with van der Waals surface area (Å²) < 4.78 is 0. The van der Waals surface area contributed by atoms with Crippen LogP contribution in [-0.4, -0.2) is 22.9 Å². The van der Waals surface area contributed by atoms with Gasteiger partial charge < -0.3 is 15.5 Å². The van der Waals surface area contributed by atoms with E-state index < -0.39 is 12.2 Å². The first-order valence-electron chi connectivity index (χ1n) is 7.74. The molecule has 0 aliphatic rings. The molecular weight excluding hydrogens is 322 g/mol. The van der Waals surface area contributed by atoms with Crippen LogP contribution in [0.3, 0.4) is 0 Å². The number of aliphatic hydroxyl groups is 1. The minimum atomic E-state index is -1.09. The van der Waals surface area contributed by atoms with Gasteiger partial charge in [0, 0.05) is 22.2 Å². The maximum Gasteiger partial charge on any atom is 0.404 e. The number of hydrogen-bond acceptors (Lipinski definition) is 3. The fraction of sp³-hybridized carbons (Fsp3) is 0.211. The summed E-state index contributed by atoms with van der Waals surface area (Å²) in [6, 6.07) is 17.8. The number of carboxylic acid groups (broad SMARTS) is 1. The molecule has 0 bridgehead atoms. The van der Waals surface area contributed by atoms with Gasteiger partial charge in [-0.2, -0.15) is 0 Å². The predicted molar refractivity (Wildman–Crippen MR) is 96.7 cm³/mol. The van der Waals surface area contributed by atoms with E-state index in [9.17, 15) is 9.90 Å². The molecule has 0 spiro atoms. The zero-order valence-corrected chi connectivity index (χ0v) is 14.1. The number of aliphatic hydroxyl groups excluding tert-OH is 1. The van der Waals surface area contributed by atoms with Gasteiger partial charge in [0.25, 0.3) is 0 Å². The molecule has 2 atom stereocenters. The number of rotatable bonds is 5. The molecule has 0 aliphatic heterocycles. The van der Waals surface area contributed by atoms with Crippen LogP contribution in [0.5, 0.6) is 0 Å². The van der Waals surface area contributed by atoms with Crippen LogP contribution in [-0.2, 0) is 0 Å². The summed E-state index contributed by atoms with van der Waals surface area (Å²) in [5.74, 6) is -0.344. The lowest BCUT2D eigenvalue weighted by Crippen LogP contribution is -2.29. The highest BCUT2D eigenvalue weighted by Crippen LogP contribution is 2.35. The first kappa shape index (κ1) is 16.5. The van der Waals surface area contributed by atoms with E-state index in [0.717, 1.165) is 26.1 Å². The van der Waals surface area contributed by atoms with Crippen molar-refractivity contribution in [2.45, 2.75) is 18.9 Å². The maximum atomic E-state index is 10.9. The van der Waals surface area contributed by atoms with E-state index in [-0.39, 0.29) is 12.5 Å². The summed E-state index contributed by atoms with van der Waals surface area (Å²) in [6.45, 7) is 2.15. The third-order valence-electron chi connectivity index (χ3n) is 4.11. The van der Waals surface area contributed by atoms with Crippen LogP contribution in [0.25, 0.3) is 10.8 Å². The predicted octanol–water partition coefficient (Wildman–Crippen LogP) is 4.29. The summed E-state index contributed by atoms with van der Waals surface area (Å²) in [6.07, 6.45) is -1.84. The quantitative estimate of drug-likeness (QED) is 0.648. The Morgan fingerprint density at radius 2 is 1.88 bits per heavy atom. The summed E-state index contributed by atoms with van der Waals surface area (Å²) in [7, 11) is 0. The molecule has 1 amide bonds. The molecule has 0 fully saturated rings. The lowest BCUT2D eigenvalue weighted by Gasteiger charge is -2.23. The summed E-state index contributed by atoms with van der Waals surface area (Å²) in [4.78, 5) is 12.9. The summed E-state index contributed by atoms with van der Waals surface area (Å²) in [5.41, 5.74) is 0.918. The molecule has 2 unspecified atom stereocenters. The summed E-state index contributed by atoms with van der Waals surface area (Å²) in [5, 5.41) is 24.4. The Morgan fingerprint density at radius 1 is 1.12 bits per heavy atom. The first-order valence-corrected chi connectivity index (χ1v) is 8.56. The number of hydrogen-bond donors (Lipinski definition) is 3. The highest BCUT2D eigenvalue weighted by atomic mass is 32.1. The number of nitrogens with one attached hydrogen (secondary N) is 1. The molecule has 0 saturated heterocycles. The number of thiophene rings is 1. The highest BCUT2D eigenvalue weighted by Gasteiger charge is 2.25. The Balaban J connectivity index is 1.97. The van der Waals surface area contributed by atoms with E-state index in [1.54, 1.807) is 0 Å². The normalized spacial score (nSPS) is 13.6. The van der Waals surface area contributed by atoms with Crippen molar-refractivity contribution in [2.24, 2.45) is 0 Å². The van der Waals surface area contributed by atoms with Crippen LogP contribution < -0.4 is 5.32 Å². The third-order valence-corrected chi connectivity index (χ3v) is 5.18. The lowest BCUT2D eigenvalue weighted by molar-refractivity contribution is 0.144. The molecule has 5 heteroatoms. The largest absolute Gasteiger partial charge is 0.465 e. The Morgan fingerprint density at radius 3 is 2.54 bits per heavy atom. The molecule has 3 rings (SSSR count). The molecule has 4 nitrogen and oxygen atoms in total. The van der Waals surface area contributed by atoms with Crippen molar-refractivity contribution in [1.82, 2.24) is 5.32 Å². The molecule has 0 aliphatic carbocycles. The van der Waals surface area contributed by atoms with Gasteiger partial charge in [-0.25, -0.2) is 4.79 Å². The molecule has 2 aromatic carbocycles. The fourth-order valence-electron chi connectivity index (χ4n) is 2.86. The van der Waals surface area contributed by atoms with E-state index >= 15 is 0 Å². The van der Waals surface area contributed by atoms with Crippen LogP contribution >= 0.6 is 11.3 Å². The SMILES string of the molecule is Cc1ccc(C(O)C(CNC(=O)O)c2ccc3ccccc3c2)s1. The first-order chi connectivity index (χ1) is 11.5. The van der Waals surface area contributed by atoms with E-state index in [1.807, 2.05) is 61.5 Å². The zero-order valence-electron chi connectivity index (χ0n) is 13.3. The van der Waals surface area contributed by atoms with Gasteiger partial charge in [-0.15, -0.1) is 11.3 Å². The Labute approximate surface area is 144 Å². The summed E-state index contributed by atoms with van der Waals surface area (Å²) >= 11 is 1.53. The highest BCUT2D eigenvalue weighted by molar-refractivity contribution is 7.12. The van der Waals surface area contributed by atoms with Crippen molar-refractivity contribution in [3.8, 4) is 0 Å². The standard InChI is InChI=1S/C19H19NO3S/c1-12-6-9-17(24-12)18(21)16(11-20-19(22)23)15-8-7-13-4-2-3-5-14(13)10-15/h2-10,16,18,20-21H,11H2,1H3,(H,22,23). The van der Waals surface area contributed by atoms with Crippen LogP contribution in [0.2, 0.25) is 0 Å². The number of fused-ring (bicyclic) bond motifs is 1. The van der Waals surface area contributed by atoms with E-state index in [0.29, 0.717) is 0 Å². The molecule has 24 heavy (non-hydrogen) atoms. The van der Waals surface area contributed by atoms with Crippen molar-refractivity contribution in [1.29, 1.82) is 0 Å². The second-order valence-corrected chi connectivity index (χ2v) is 7.11. The van der Waals surface area contributed by atoms with Gasteiger partial charge in [0.05, 0.1) is 6.10 Å². The molecule has 0 radical (unpaired) electrons. The number of benzene rings is 2. The maximum absolute atomic E-state index is 10.9. The van der Waals surface area contributed by atoms with Gasteiger partial charge in [-0.05, 0) is 35.4 Å².